The lowest BCUT2D eigenvalue weighted by molar-refractivity contribution is 0.101. The Balaban J connectivity index is 2.21. The highest BCUT2D eigenvalue weighted by molar-refractivity contribution is 6.07. The number of aromatic nitrogens is 1. The predicted molar refractivity (Wildman–Crippen MR) is 72.7 cm³/mol. The smallest absolute Gasteiger partial charge is 0.161 e. The minimum atomic E-state index is 0.144. The van der Waals surface area contributed by atoms with Crippen LogP contribution >= 0.6 is 0 Å². The van der Waals surface area contributed by atoms with Crippen LogP contribution in [0.15, 0.2) is 18.3 Å². The van der Waals surface area contributed by atoms with E-state index >= 15 is 0 Å². The lowest BCUT2D eigenvalue weighted by Gasteiger charge is -2.09. The molecule has 3 heteroatoms. The van der Waals surface area contributed by atoms with Crippen LogP contribution in [-0.2, 0) is 20.1 Å². The molecule has 2 heterocycles. The second-order valence-electron chi connectivity index (χ2n) is 5.15. The van der Waals surface area contributed by atoms with Crippen molar-refractivity contribution in [3.05, 3.63) is 35.0 Å². The monoisotopic (exact) mass is 242 g/mol. The van der Waals surface area contributed by atoms with Crippen molar-refractivity contribution >= 4 is 16.7 Å². The predicted octanol–water partition coefficient (Wildman–Crippen LogP) is 2.72. The van der Waals surface area contributed by atoms with E-state index in [4.69, 9.17) is 0 Å². The second kappa shape index (κ2) is 3.95. The molecule has 0 amide bonds. The summed E-state index contributed by atoms with van der Waals surface area (Å²) in [5, 5.41) is 1.10. The van der Waals surface area contributed by atoms with Crippen molar-refractivity contribution in [2.24, 2.45) is 7.05 Å². The van der Waals surface area contributed by atoms with E-state index in [1.165, 1.54) is 11.1 Å². The maximum atomic E-state index is 11.7. The van der Waals surface area contributed by atoms with Crippen LogP contribution in [0.25, 0.3) is 10.9 Å². The number of hydrogen-bond donors (Lipinski definition) is 0. The average molecular weight is 242 g/mol. The lowest BCUT2D eigenvalue weighted by atomic mass is 10.0. The van der Waals surface area contributed by atoms with E-state index in [9.17, 15) is 4.79 Å². The molecule has 0 fully saturated rings. The normalized spacial score (nSPS) is 15.3. The van der Waals surface area contributed by atoms with E-state index in [1.54, 1.807) is 6.92 Å². The van der Waals surface area contributed by atoms with Gasteiger partial charge in [-0.25, -0.2) is 0 Å². The van der Waals surface area contributed by atoms with E-state index in [2.05, 4.69) is 28.5 Å². The number of aryl methyl sites for hydroxylation is 1. The van der Waals surface area contributed by atoms with Gasteiger partial charge in [-0.05, 0) is 36.7 Å². The lowest BCUT2D eigenvalue weighted by Crippen LogP contribution is -2.14. The number of nitrogens with zero attached hydrogens (tertiary/aromatic N) is 2. The molecule has 0 unspecified atom stereocenters. The van der Waals surface area contributed by atoms with Gasteiger partial charge in [0.05, 0.1) is 0 Å². The zero-order valence-electron chi connectivity index (χ0n) is 11.2. The van der Waals surface area contributed by atoms with Gasteiger partial charge in [0, 0.05) is 42.8 Å². The van der Waals surface area contributed by atoms with Crippen LogP contribution < -0.4 is 0 Å². The first-order valence-corrected chi connectivity index (χ1v) is 6.44. The fraction of sp³-hybridized carbons (Fsp3) is 0.400. The van der Waals surface area contributed by atoms with Gasteiger partial charge < -0.3 is 4.57 Å². The van der Waals surface area contributed by atoms with E-state index in [1.807, 2.05) is 13.2 Å². The van der Waals surface area contributed by atoms with Crippen LogP contribution in [0.5, 0.6) is 0 Å². The maximum absolute atomic E-state index is 11.7. The Morgan fingerprint density at radius 3 is 2.56 bits per heavy atom. The highest BCUT2D eigenvalue weighted by Crippen LogP contribution is 2.30. The Morgan fingerprint density at radius 1 is 1.28 bits per heavy atom. The fourth-order valence-electron chi connectivity index (χ4n) is 2.85. The van der Waals surface area contributed by atoms with Gasteiger partial charge in [-0.2, -0.15) is 0 Å². The summed E-state index contributed by atoms with van der Waals surface area (Å²) in [5.41, 5.74) is 4.78. The Hall–Kier alpha value is -1.61. The fourth-order valence-corrected chi connectivity index (χ4v) is 2.85. The van der Waals surface area contributed by atoms with Crippen molar-refractivity contribution < 1.29 is 4.79 Å². The second-order valence-corrected chi connectivity index (χ2v) is 5.15. The number of Topliss-reactive ketones (excluding diaryl/α,β-unsaturated/α-hetero) is 1. The van der Waals surface area contributed by atoms with Crippen LogP contribution in [0.2, 0.25) is 0 Å². The van der Waals surface area contributed by atoms with E-state index < -0.39 is 0 Å². The molecular weight excluding hydrogens is 224 g/mol. The Labute approximate surface area is 107 Å². The molecule has 0 saturated heterocycles. The van der Waals surface area contributed by atoms with Crippen molar-refractivity contribution in [1.82, 2.24) is 9.47 Å². The first-order chi connectivity index (χ1) is 8.60. The number of benzene rings is 1. The molecule has 0 saturated carbocycles. The molecule has 0 atom stereocenters. The summed E-state index contributed by atoms with van der Waals surface area (Å²) in [6.45, 7) is 6.94. The van der Waals surface area contributed by atoms with Gasteiger partial charge in [-0.15, -0.1) is 0 Å². The molecule has 18 heavy (non-hydrogen) atoms. The zero-order chi connectivity index (χ0) is 12.9. The number of carbonyl (C=O) groups is 1. The topological polar surface area (TPSA) is 25.2 Å². The van der Waals surface area contributed by atoms with Crippen molar-refractivity contribution in [1.29, 1.82) is 0 Å². The third kappa shape index (κ3) is 1.58. The Morgan fingerprint density at radius 2 is 1.94 bits per heavy atom. The molecule has 0 bridgehead atoms. The van der Waals surface area contributed by atoms with Crippen molar-refractivity contribution in [3.63, 3.8) is 0 Å². The van der Waals surface area contributed by atoms with Crippen molar-refractivity contribution in [3.8, 4) is 0 Å². The SMILES string of the molecule is CCN1Cc2cc3c(C(C)=O)cn(C)c3cc2C1. The Kier molecular flexibility index (Phi) is 2.52. The van der Waals surface area contributed by atoms with Gasteiger partial charge >= 0.3 is 0 Å². The minimum absolute atomic E-state index is 0.144. The molecule has 1 aromatic heterocycles. The van der Waals surface area contributed by atoms with Crippen molar-refractivity contribution in [2.75, 3.05) is 6.54 Å². The maximum Gasteiger partial charge on any atom is 0.161 e. The molecule has 0 N–H and O–H groups in total. The van der Waals surface area contributed by atoms with Gasteiger partial charge in [-0.3, -0.25) is 9.69 Å². The highest BCUT2D eigenvalue weighted by Gasteiger charge is 2.20. The molecule has 94 valence electrons. The largest absolute Gasteiger partial charge is 0.350 e. The van der Waals surface area contributed by atoms with Gasteiger partial charge in [0.15, 0.2) is 5.78 Å². The van der Waals surface area contributed by atoms with Gasteiger partial charge in [0.25, 0.3) is 0 Å². The summed E-state index contributed by atoms with van der Waals surface area (Å²) in [5.74, 6) is 0.144. The molecule has 0 spiro atoms. The van der Waals surface area contributed by atoms with Gasteiger partial charge in [0.1, 0.15) is 0 Å². The van der Waals surface area contributed by atoms with Crippen molar-refractivity contribution in [2.45, 2.75) is 26.9 Å². The molecular formula is C15H18N2O. The van der Waals surface area contributed by atoms with Crippen LogP contribution in [0.4, 0.5) is 0 Å². The average Bonchev–Trinajstić information content (AvgIpc) is 2.88. The molecule has 2 aromatic rings. The highest BCUT2D eigenvalue weighted by atomic mass is 16.1. The number of carbonyl (C=O) groups excluding carboxylic acids is 1. The molecule has 1 aliphatic heterocycles. The summed E-state index contributed by atoms with van der Waals surface area (Å²) < 4.78 is 2.06. The summed E-state index contributed by atoms with van der Waals surface area (Å²) >= 11 is 0. The summed E-state index contributed by atoms with van der Waals surface area (Å²) in [4.78, 5) is 14.1. The molecule has 1 aromatic carbocycles. The first-order valence-electron chi connectivity index (χ1n) is 6.44. The standard InChI is InChI=1S/C15H18N2O/c1-4-17-7-11-5-13-14(10(2)18)9-16(3)15(13)6-12(11)8-17/h5-6,9H,4,7-8H2,1-3H3. The number of rotatable bonds is 2. The summed E-state index contributed by atoms with van der Waals surface area (Å²) in [6.07, 6.45) is 1.94. The molecule has 0 radical (unpaired) electrons. The third-order valence-corrected chi connectivity index (χ3v) is 3.93. The quantitative estimate of drug-likeness (QED) is 0.757. The van der Waals surface area contributed by atoms with Crippen LogP contribution in [-0.4, -0.2) is 21.8 Å². The molecule has 0 aliphatic carbocycles. The van der Waals surface area contributed by atoms with Gasteiger partial charge in [0.2, 0.25) is 0 Å². The van der Waals surface area contributed by atoms with Crippen LogP contribution in [0.3, 0.4) is 0 Å². The zero-order valence-corrected chi connectivity index (χ0v) is 11.2. The summed E-state index contributed by atoms with van der Waals surface area (Å²) in [6, 6.07) is 4.45. The van der Waals surface area contributed by atoms with Crippen LogP contribution in [0.1, 0.15) is 35.3 Å². The number of fused-ring (bicyclic) bond motifs is 2. The Bertz CT molecular complexity index is 639. The third-order valence-electron chi connectivity index (χ3n) is 3.93. The number of hydrogen-bond acceptors (Lipinski definition) is 2. The first kappa shape index (κ1) is 11.5. The minimum Gasteiger partial charge on any atom is -0.350 e. The van der Waals surface area contributed by atoms with Gasteiger partial charge in [-0.1, -0.05) is 6.92 Å². The number of ketones is 1. The summed E-state index contributed by atoms with van der Waals surface area (Å²) in [7, 11) is 2.01. The van der Waals surface area contributed by atoms with E-state index in [0.717, 1.165) is 36.1 Å². The van der Waals surface area contributed by atoms with E-state index in [0.29, 0.717) is 0 Å². The molecule has 3 rings (SSSR count). The molecule has 1 aliphatic rings. The molecule has 3 nitrogen and oxygen atoms in total. The van der Waals surface area contributed by atoms with E-state index in [-0.39, 0.29) is 5.78 Å². The van der Waals surface area contributed by atoms with Crippen LogP contribution in [0, 0.1) is 0 Å².